The van der Waals surface area contributed by atoms with Crippen LogP contribution in [0.4, 0.5) is 0 Å². The fourth-order valence-corrected chi connectivity index (χ4v) is 3.41. The molecule has 0 radical (unpaired) electrons. The Morgan fingerprint density at radius 2 is 2.15 bits per heavy atom. The molecule has 1 aromatic rings. The molecule has 112 valence electrons. The van der Waals surface area contributed by atoms with Crippen molar-refractivity contribution in [3.05, 3.63) is 29.8 Å². The zero-order chi connectivity index (χ0) is 14.6. The Labute approximate surface area is 122 Å². The maximum absolute atomic E-state index is 5.97. The van der Waals surface area contributed by atoms with E-state index in [0.29, 0.717) is 12.0 Å². The summed E-state index contributed by atoms with van der Waals surface area (Å²) in [5.74, 6) is 1.56. The van der Waals surface area contributed by atoms with Crippen molar-refractivity contribution in [1.29, 1.82) is 0 Å². The molecular weight excluding hydrogens is 250 g/mol. The molecule has 1 heterocycles. The van der Waals surface area contributed by atoms with E-state index in [1.54, 1.807) is 7.11 Å². The third kappa shape index (κ3) is 2.99. The zero-order valence-corrected chi connectivity index (χ0v) is 13.0. The molecule has 3 nitrogen and oxygen atoms in total. The van der Waals surface area contributed by atoms with E-state index in [9.17, 15) is 0 Å². The van der Waals surface area contributed by atoms with Crippen LogP contribution >= 0.6 is 0 Å². The molecule has 0 aliphatic carbocycles. The highest BCUT2D eigenvalue weighted by atomic mass is 16.5. The van der Waals surface area contributed by atoms with Crippen molar-refractivity contribution < 1.29 is 15.2 Å². The Hall–Kier alpha value is -1.06. The summed E-state index contributed by atoms with van der Waals surface area (Å²) < 4.78 is 11.6. The number of para-hydroxylation sites is 1. The first-order valence-electron chi connectivity index (χ1n) is 7.67. The van der Waals surface area contributed by atoms with Crippen molar-refractivity contribution in [2.24, 2.45) is 5.92 Å². The van der Waals surface area contributed by atoms with Gasteiger partial charge in [0.15, 0.2) is 0 Å². The monoisotopic (exact) mass is 278 g/mol. The van der Waals surface area contributed by atoms with Gasteiger partial charge in [-0.25, -0.2) is 0 Å². The van der Waals surface area contributed by atoms with Gasteiger partial charge >= 0.3 is 0 Å². The Morgan fingerprint density at radius 1 is 1.40 bits per heavy atom. The van der Waals surface area contributed by atoms with Crippen LogP contribution in [0.25, 0.3) is 0 Å². The molecule has 20 heavy (non-hydrogen) atoms. The highest BCUT2D eigenvalue weighted by Gasteiger charge is 2.41. The van der Waals surface area contributed by atoms with E-state index in [2.05, 4.69) is 37.8 Å². The number of quaternary nitrogens is 1. The van der Waals surface area contributed by atoms with Crippen LogP contribution in [-0.2, 0) is 10.2 Å². The van der Waals surface area contributed by atoms with E-state index < -0.39 is 0 Å². The second-order valence-electron chi connectivity index (χ2n) is 6.19. The molecule has 3 N–H and O–H groups in total. The lowest BCUT2D eigenvalue weighted by Gasteiger charge is -2.42. The van der Waals surface area contributed by atoms with Gasteiger partial charge in [0.2, 0.25) is 0 Å². The molecule has 2 atom stereocenters. The van der Waals surface area contributed by atoms with Crippen molar-refractivity contribution in [3.63, 3.8) is 0 Å². The number of hydrogen-bond acceptors (Lipinski definition) is 2. The van der Waals surface area contributed by atoms with Gasteiger partial charge in [0.05, 0.1) is 19.8 Å². The van der Waals surface area contributed by atoms with Crippen LogP contribution in [0.5, 0.6) is 5.75 Å². The topological polar surface area (TPSA) is 46.1 Å². The average molecular weight is 278 g/mol. The van der Waals surface area contributed by atoms with Gasteiger partial charge in [-0.05, 0) is 24.8 Å². The third-order valence-electron chi connectivity index (χ3n) is 4.58. The minimum atomic E-state index is 0.154. The molecule has 2 rings (SSSR count). The molecule has 3 heteroatoms. The lowest BCUT2D eigenvalue weighted by atomic mass is 9.68. The maximum atomic E-state index is 5.97. The second kappa shape index (κ2) is 6.59. The van der Waals surface area contributed by atoms with Gasteiger partial charge < -0.3 is 15.2 Å². The molecule has 0 spiro atoms. The maximum Gasteiger partial charge on any atom is 0.122 e. The molecule has 0 amide bonds. The van der Waals surface area contributed by atoms with Crippen molar-refractivity contribution in [2.45, 2.75) is 44.6 Å². The fraction of sp³-hybridized carbons (Fsp3) is 0.647. The smallest absolute Gasteiger partial charge is 0.122 e. The first kappa shape index (κ1) is 15.3. The molecule has 0 saturated carbocycles. The van der Waals surface area contributed by atoms with E-state index in [0.717, 1.165) is 38.2 Å². The van der Waals surface area contributed by atoms with E-state index in [1.807, 2.05) is 6.07 Å². The molecule has 1 aliphatic rings. The minimum Gasteiger partial charge on any atom is -0.496 e. The zero-order valence-electron chi connectivity index (χ0n) is 13.0. The van der Waals surface area contributed by atoms with Gasteiger partial charge in [-0.15, -0.1) is 0 Å². The highest BCUT2D eigenvalue weighted by Crippen LogP contribution is 2.44. The van der Waals surface area contributed by atoms with Gasteiger partial charge in [-0.3, -0.25) is 0 Å². The molecule has 1 aliphatic heterocycles. The van der Waals surface area contributed by atoms with Crippen LogP contribution in [0.3, 0.4) is 0 Å². The molecule has 0 unspecified atom stereocenters. The van der Waals surface area contributed by atoms with Gasteiger partial charge in [-0.1, -0.05) is 32.0 Å². The molecule has 0 bridgehead atoms. The van der Waals surface area contributed by atoms with Gasteiger partial charge in [0.1, 0.15) is 5.75 Å². The Balaban J connectivity index is 2.38. The van der Waals surface area contributed by atoms with E-state index in [-0.39, 0.29) is 5.41 Å². The first-order valence-corrected chi connectivity index (χ1v) is 7.67. The Morgan fingerprint density at radius 3 is 2.80 bits per heavy atom. The number of hydrogen-bond donors (Lipinski definition) is 1. The normalized spacial score (nSPS) is 26.8. The van der Waals surface area contributed by atoms with Crippen LogP contribution in [0.2, 0.25) is 0 Å². The van der Waals surface area contributed by atoms with Crippen LogP contribution in [0.1, 0.15) is 38.7 Å². The minimum absolute atomic E-state index is 0.154. The SMILES string of the molecule is COc1ccccc1[C@]1(CC[NH3+])CCO[C@H](C(C)C)C1. The Kier molecular flexibility index (Phi) is 5.06. The van der Waals surface area contributed by atoms with Crippen LogP contribution in [-0.4, -0.2) is 26.4 Å². The lowest BCUT2D eigenvalue weighted by molar-refractivity contribution is -0.371. The summed E-state index contributed by atoms with van der Waals surface area (Å²) in [7, 11) is 1.76. The van der Waals surface area contributed by atoms with Crippen LogP contribution in [0, 0.1) is 5.92 Å². The number of benzene rings is 1. The van der Waals surface area contributed by atoms with Crippen molar-refractivity contribution in [3.8, 4) is 5.75 Å². The van der Waals surface area contributed by atoms with Crippen molar-refractivity contribution in [2.75, 3.05) is 20.3 Å². The largest absolute Gasteiger partial charge is 0.496 e. The predicted octanol–water partition coefficient (Wildman–Crippen LogP) is 2.40. The number of rotatable bonds is 5. The van der Waals surface area contributed by atoms with Gasteiger partial charge in [0, 0.05) is 24.0 Å². The lowest BCUT2D eigenvalue weighted by Crippen LogP contribution is -2.54. The molecular formula is C17H28NO2+. The predicted molar refractivity (Wildman–Crippen MR) is 80.9 cm³/mol. The number of methoxy groups -OCH3 is 1. The third-order valence-corrected chi connectivity index (χ3v) is 4.58. The quantitative estimate of drug-likeness (QED) is 0.899. The van der Waals surface area contributed by atoms with Crippen molar-refractivity contribution in [1.82, 2.24) is 0 Å². The summed E-state index contributed by atoms with van der Waals surface area (Å²) in [6.45, 7) is 6.27. The molecule has 0 aromatic heterocycles. The summed E-state index contributed by atoms with van der Waals surface area (Å²) in [6.07, 6.45) is 3.56. The summed E-state index contributed by atoms with van der Waals surface area (Å²) >= 11 is 0. The van der Waals surface area contributed by atoms with Crippen molar-refractivity contribution >= 4 is 0 Å². The van der Waals surface area contributed by atoms with Gasteiger partial charge in [0.25, 0.3) is 0 Å². The summed E-state index contributed by atoms with van der Waals surface area (Å²) in [5.41, 5.74) is 5.58. The first-order chi connectivity index (χ1) is 9.63. The standard InChI is InChI=1S/C17H27NO2/c1-13(2)16-12-17(8-10-18,9-11-20-16)14-6-4-5-7-15(14)19-3/h4-7,13,16H,8-12,18H2,1-3H3/p+1/t16-,17+/m0/s1. The molecule has 1 saturated heterocycles. The molecule has 1 aromatic carbocycles. The average Bonchev–Trinajstić information content (AvgIpc) is 2.47. The molecule has 1 fully saturated rings. The van der Waals surface area contributed by atoms with Crippen LogP contribution < -0.4 is 10.5 Å². The summed E-state index contributed by atoms with van der Waals surface area (Å²) in [4.78, 5) is 0. The van der Waals surface area contributed by atoms with E-state index in [1.165, 1.54) is 5.56 Å². The second-order valence-corrected chi connectivity index (χ2v) is 6.19. The van der Waals surface area contributed by atoms with E-state index >= 15 is 0 Å². The van der Waals surface area contributed by atoms with Gasteiger partial charge in [-0.2, -0.15) is 0 Å². The highest BCUT2D eigenvalue weighted by molar-refractivity contribution is 5.40. The van der Waals surface area contributed by atoms with E-state index in [4.69, 9.17) is 9.47 Å². The number of ether oxygens (including phenoxy) is 2. The summed E-state index contributed by atoms with van der Waals surface area (Å²) in [5, 5.41) is 0. The fourth-order valence-electron chi connectivity index (χ4n) is 3.41. The summed E-state index contributed by atoms with van der Waals surface area (Å²) in [6, 6.07) is 8.44. The Bertz CT molecular complexity index is 429. The van der Waals surface area contributed by atoms with Crippen LogP contribution in [0.15, 0.2) is 24.3 Å².